The SMILES string of the molecule is COc1ccc2ncc(Cl)c(C(O)CCC3(C(=O)NO)CCN(CCCSc4ccccc4C)CC3)c2c1. The van der Waals surface area contributed by atoms with E-state index in [0.29, 0.717) is 47.5 Å². The standard InChI is InChI=1S/C29H36ClN3O4S/c1-20-6-3-4-7-26(20)38-17-5-14-33-15-12-29(13-16-33,28(35)32-36)11-10-25(34)27-22-18-21(37-2)8-9-24(22)31-19-23(27)30/h3-4,6-9,18-19,25,34,36H,5,10-17H2,1-2H3,(H,32,35). The Bertz CT molecular complexity index is 1250. The number of halogens is 1. The maximum absolute atomic E-state index is 12.8. The van der Waals surface area contributed by atoms with Crippen molar-refractivity contribution in [3.05, 3.63) is 64.8 Å². The molecule has 4 rings (SSSR count). The molecule has 7 nitrogen and oxygen atoms in total. The largest absolute Gasteiger partial charge is 0.497 e. The molecule has 0 radical (unpaired) electrons. The lowest BCUT2D eigenvalue weighted by atomic mass is 9.73. The van der Waals surface area contributed by atoms with Crippen molar-refractivity contribution >= 4 is 40.2 Å². The molecule has 1 aliphatic rings. The van der Waals surface area contributed by atoms with Gasteiger partial charge in [-0.1, -0.05) is 29.8 Å². The third-order valence-corrected chi connectivity index (χ3v) is 9.23. The van der Waals surface area contributed by atoms with Crippen LogP contribution in [0.15, 0.2) is 53.6 Å². The number of carbonyl (C=O) groups is 1. The Morgan fingerprint density at radius 2 is 2.03 bits per heavy atom. The number of ether oxygens (including phenoxy) is 1. The van der Waals surface area contributed by atoms with Crippen LogP contribution in [0, 0.1) is 12.3 Å². The van der Waals surface area contributed by atoms with Crippen LogP contribution < -0.4 is 10.2 Å². The second-order valence-electron chi connectivity index (χ2n) is 9.99. The van der Waals surface area contributed by atoms with Crippen LogP contribution in [-0.2, 0) is 4.79 Å². The highest BCUT2D eigenvalue weighted by Crippen LogP contribution is 2.41. The van der Waals surface area contributed by atoms with Gasteiger partial charge in [0.1, 0.15) is 5.75 Å². The summed E-state index contributed by atoms with van der Waals surface area (Å²) in [6, 6.07) is 13.9. The van der Waals surface area contributed by atoms with Gasteiger partial charge in [-0.25, -0.2) is 5.48 Å². The first-order chi connectivity index (χ1) is 18.4. The highest BCUT2D eigenvalue weighted by Gasteiger charge is 2.41. The van der Waals surface area contributed by atoms with Crippen molar-refractivity contribution in [3.63, 3.8) is 0 Å². The maximum Gasteiger partial charge on any atom is 0.249 e. The number of methoxy groups -OCH3 is 1. The van der Waals surface area contributed by atoms with Crippen molar-refractivity contribution in [3.8, 4) is 5.75 Å². The summed E-state index contributed by atoms with van der Waals surface area (Å²) in [5.74, 6) is 1.31. The topological polar surface area (TPSA) is 94.9 Å². The molecule has 2 aromatic carbocycles. The number of likely N-dealkylation sites (tertiary alicyclic amines) is 1. The first kappa shape index (κ1) is 28.6. The number of hydrogen-bond donors (Lipinski definition) is 3. The number of aromatic nitrogens is 1. The number of aliphatic hydroxyl groups excluding tert-OH is 1. The number of thioether (sulfide) groups is 1. The molecule has 1 atom stereocenters. The number of rotatable bonds is 11. The number of benzene rings is 2. The summed E-state index contributed by atoms with van der Waals surface area (Å²) >= 11 is 8.36. The fourth-order valence-corrected chi connectivity index (χ4v) is 6.53. The average molecular weight is 558 g/mol. The number of aryl methyl sites for hydroxylation is 1. The fraction of sp³-hybridized carbons (Fsp3) is 0.448. The molecule has 0 spiro atoms. The molecular weight excluding hydrogens is 522 g/mol. The van der Waals surface area contributed by atoms with Crippen molar-refractivity contribution in [2.45, 2.75) is 50.0 Å². The first-order valence-electron chi connectivity index (χ1n) is 13.0. The van der Waals surface area contributed by atoms with Gasteiger partial charge < -0.3 is 14.7 Å². The Morgan fingerprint density at radius 1 is 1.26 bits per heavy atom. The van der Waals surface area contributed by atoms with Gasteiger partial charge >= 0.3 is 0 Å². The monoisotopic (exact) mass is 557 g/mol. The number of hydroxylamine groups is 1. The van der Waals surface area contributed by atoms with Crippen LogP contribution in [0.4, 0.5) is 0 Å². The molecule has 2 heterocycles. The fourth-order valence-electron chi connectivity index (χ4n) is 5.29. The van der Waals surface area contributed by atoms with Gasteiger partial charge in [0.15, 0.2) is 0 Å². The minimum absolute atomic E-state index is 0.330. The summed E-state index contributed by atoms with van der Waals surface area (Å²) in [4.78, 5) is 20.9. The number of hydrogen-bond acceptors (Lipinski definition) is 7. The van der Waals surface area contributed by atoms with E-state index in [2.05, 4.69) is 41.1 Å². The number of nitrogens with one attached hydrogen (secondary N) is 1. The summed E-state index contributed by atoms with van der Waals surface area (Å²) in [6.45, 7) is 4.65. The van der Waals surface area contributed by atoms with E-state index in [9.17, 15) is 15.1 Å². The summed E-state index contributed by atoms with van der Waals surface area (Å²) in [7, 11) is 1.59. The lowest BCUT2D eigenvalue weighted by Crippen LogP contribution is -2.48. The number of aliphatic hydroxyl groups is 1. The Hall–Kier alpha value is -2.36. The number of piperidine rings is 1. The van der Waals surface area contributed by atoms with Crippen molar-refractivity contribution in [2.75, 3.05) is 32.5 Å². The van der Waals surface area contributed by atoms with Crippen molar-refractivity contribution in [1.29, 1.82) is 0 Å². The van der Waals surface area contributed by atoms with Gasteiger partial charge in [0.05, 0.1) is 29.2 Å². The maximum atomic E-state index is 12.8. The molecule has 1 aromatic heterocycles. The van der Waals surface area contributed by atoms with Crippen molar-refractivity contribution in [2.24, 2.45) is 5.41 Å². The van der Waals surface area contributed by atoms with E-state index in [-0.39, 0.29) is 5.91 Å². The Balaban J connectivity index is 1.36. The molecule has 0 bridgehead atoms. The van der Waals surface area contributed by atoms with E-state index in [1.807, 2.05) is 35.4 Å². The van der Waals surface area contributed by atoms with Crippen molar-refractivity contribution in [1.82, 2.24) is 15.4 Å². The Morgan fingerprint density at radius 3 is 2.74 bits per heavy atom. The minimum atomic E-state index is -0.889. The number of pyridine rings is 1. The molecule has 1 unspecified atom stereocenters. The van der Waals surface area contributed by atoms with Crippen LogP contribution in [0.5, 0.6) is 5.75 Å². The molecule has 3 N–H and O–H groups in total. The third kappa shape index (κ3) is 6.61. The van der Waals surface area contributed by atoms with Gasteiger partial charge in [-0.3, -0.25) is 15.0 Å². The van der Waals surface area contributed by atoms with Crippen LogP contribution in [0.25, 0.3) is 10.9 Å². The summed E-state index contributed by atoms with van der Waals surface area (Å²) in [6.07, 6.45) is 3.72. The normalized spacial score (nSPS) is 16.3. The molecule has 38 heavy (non-hydrogen) atoms. The van der Waals surface area contributed by atoms with Gasteiger partial charge in [0, 0.05) is 22.0 Å². The number of nitrogens with zero attached hydrogens (tertiary/aromatic N) is 2. The van der Waals surface area contributed by atoms with Crippen molar-refractivity contribution < 1.29 is 19.8 Å². The van der Waals surface area contributed by atoms with E-state index in [4.69, 9.17) is 16.3 Å². The van der Waals surface area contributed by atoms with E-state index < -0.39 is 11.5 Å². The molecule has 9 heteroatoms. The van der Waals surface area contributed by atoms with Crippen LogP contribution in [-0.4, -0.2) is 58.6 Å². The summed E-state index contributed by atoms with van der Waals surface area (Å²) in [5, 5.41) is 21.8. The van der Waals surface area contributed by atoms with E-state index in [0.717, 1.165) is 37.2 Å². The van der Waals surface area contributed by atoms with Gasteiger partial charge in [-0.2, -0.15) is 0 Å². The average Bonchev–Trinajstić information content (AvgIpc) is 2.94. The first-order valence-corrected chi connectivity index (χ1v) is 14.4. The summed E-state index contributed by atoms with van der Waals surface area (Å²) < 4.78 is 5.35. The molecule has 1 aliphatic heterocycles. The Kier molecular flexibility index (Phi) is 9.90. The summed E-state index contributed by atoms with van der Waals surface area (Å²) in [5.41, 5.74) is 3.74. The third-order valence-electron chi connectivity index (χ3n) is 7.66. The van der Waals surface area contributed by atoms with Gasteiger partial charge in [0.25, 0.3) is 0 Å². The highest BCUT2D eigenvalue weighted by atomic mass is 35.5. The molecule has 1 amide bonds. The molecule has 204 valence electrons. The minimum Gasteiger partial charge on any atom is -0.497 e. The molecule has 1 saturated heterocycles. The van der Waals surface area contributed by atoms with Crippen LogP contribution in [0.3, 0.4) is 0 Å². The molecule has 0 saturated carbocycles. The molecule has 3 aromatic rings. The molecule has 1 fully saturated rings. The highest BCUT2D eigenvalue weighted by molar-refractivity contribution is 7.99. The molecular formula is C29H36ClN3O4S. The number of carbonyl (C=O) groups excluding carboxylic acids is 1. The van der Waals surface area contributed by atoms with Crippen LogP contribution in [0.1, 0.15) is 49.3 Å². The van der Waals surface area contributed by atoms with Crippen LogP contribution >= 0.6 is 23.4 Å². The van der Waals surface area contributed by atoms with E-state index in [1.54, 1.807) is 13.3 Å². The smallest absolute Gasteiger partial charge is 0.249 e. The van der Waals surface area contributed by atoms with Crippen LogP contribution in [0.2, 0.25) is 5.02 Å². The van der Waals surface area contributed by atoms with Gasteiger partial charge in [-0.15, -0.1) is 11.8 Å². The van der Waals surface area contributed by atoms with Gasteiger partial charge in [-0.05, 0) is 94.2 Å². The lowest BCUT2D eigenvalue weighted by molar-refractivity contribution is -0.143. The second-order valence-corrected chi connectivity index (χ2v) is 11.5. The van der Waals surface area contributed by atoms with E-state index in [1.165, 1.54) is 10.5 Å². The Labute approximate surface area is 233 Å². The quantitative estimate of drug-likeness (QED) is 0.119. The van der Waals surface area contributed by atoms with E-state index >= 15 is 0 Å². The predicted octanol–water partition coefficient (Wildman–Crippen LogP) is 5.79. The zero-order chi connectivity index (χ0) is 27.1. The number of amides is 1. The second kappa shape index (κ2) is 13.1. The lowest BCUT2D eigenvalue weighted by Gasteiger charge is -2.40. The van der Waals surface area contributed by atoms with Gasteiger partial charge in [0.2, 0.25) is 5.91 Å². The zero-order valence-electron chi connectivity index (χ0n) is 22.0. The molecule has 0 aliphatic carbocycles. The zero-order valence-corrected chi connectivity index (χ0v) is 23.5. The predicted molar refractivity (Wildman–Crippen MR) is 152 cm³/mol. The number of fused-ring (bicyclic) bond motifs is 1.